The molecule has 1 aliphatic heterocycles. The van der Waals surface area contributed by atoms with Crippen LogP contribution in [0.3, 0.4) is 0 Å². The Morgan fingerprint density at radius 3 is 2.50 bits per heavy atom. The summed E-state index contributed by atoms with van der Waals surface area (Å²) in [5.74, 6) is -1.10. The molecular formula is C17H21NO2. The van der Waals surface area contributed by atoms with Crippen LogP contribution in [-0.4, -0.2) is 35.1 Å². The molecular weight excluding hydrogens is 250 g/mol. The first-order chi connectivity index (χ1) is 9.75. The summed E-state index contributed by atoms with van der Waals surface area (Å²) in [5.41, 5.74) is 2.03. The van der Waals surface area contributed by atoms with Crippen molar-refractivity contribution in [2.75, 3.05) is 13.1 Å². The molecule has 1 aliphatic carbocycles. The van der Waals surface area contributed by atoms with E-state index in [1.807, 2.05) is 30.3 Å². The van der Waals surface area contributed by atoms with Crippen molar-refractivity contribution in [2.24, 2.45) is 5.92 Å². The number of carboxylic acids is 1. The fourth-order valence-corrected chi connectivity index (χ4v) is 3.49. The predicted octanol–water partition coefficient (Wildman–Crippen LogP) is 3.03. The smallest absolute Gasteiger partial charge is 0.312 e. The van der Waals surface area contributed by atoms with Gasteiger partial charge in [-0.25, -0.2) is 0 Å². The third kappa shape index (κ3) is 2.63. The molecule has 1 atom stereocenters. The maximum Gasteiger partial charge on any atom is 0.312 e. The third-order valence-electron chi connectivity index (χ3n) is 4.58. The minimum absolute atomic E-state index is 0.397. The van der Waals surface area contributed by atoms with E-state index in [9.17, 15) is 9.90 Å². The highest BCUT2D eigenvalue weighted by molar-refractivity contribution is 5.88. The second-order valence-corrected chi connectivity index (χ2v) is 5.81. The molecule has 106 valence electrons. The molecule has 1 saturated carbocycles. The van der Waals surface area contributed by atoms with Gasteiger partial charge in [0.05, 0.1) is 5.92 Å². The Hall–Kier alpha value is -1.61. The first-order valence-corrected chi connectivity index (χ1v) is 7.48. The third-order valence-corrected chi connectivity index (χ3v) is 4.58. The topological polar surface area (TPSA) is 40.5 Å². The van der Waals surface area contributed by atoms with Gasteiger partial charge in [-0.2, -0.15) is 0 Å². The summed E-state index contributed by atoms with van der Waals surface area (Å²) in [7, 11) is 0. The standard InChI is InChI=1S/C17H21NO2/c19-17(20)16-12-18(14-8-4-5-9-14)11-10-15(16)13-6-2-1-3-7-13/h1-3,6-7,10,14,16H,4-5,8-9,11-12H2,(H,19,20). The molecule has 1 unspecified atom stereocenters. The highest BCUT2D eigenvalue weighted by Gasteiger charge is 2.33. The summed E-state index contributed by atoms with van der Waals surface area (Å²) < 4.78 is 0. The molecule has 1 aromatic carbocycles. The van der Waals surface area contributed by atoms with E-state index in [1.165, 1.54) is 25.7 Å². The lowest BCUT2D eigenvalue weighted by Crippen LogP contribution is -2.42. The van der Waals surface area contributed by atoms with Crippen LogP contribution in [0.5, 0.6) is 0 Å². The number of benzene rings is 1. The van der Waals surface area contributed by atoms with E-state index >= 15 is 0 Å². The highest BCUT2D eigenvalue weighted by Crippen LogP contribution is 2.32. The Bertz CT molecular complexity index is 503. The maximum atomic E-state index is 11.6. The van der Waals surface area contributed by atoms with Crippen LogP contribution in [0.4, 0.5) is 0 Å². The zero-order valence-corrected chi connectivity index (χ0v) is 11.7. The van der Waals surface area contributed by atoms with Crippen LogP contribution in [0.1, 0.15) is 31.2 Å². The van der Waals surface area contributed by atoms with Crippen molar-refractivity contribution in [1.82, 2.24) is 4.90 Å². The summed E-state index contributed by atoms with van der Waals surface area (Å²) in [6.07, 6.45) is 7.14. The Balaban J connectivity index is 1.84. The van der Waals surface area contributed by atoms with E-state index in [2.05, 4.69) is 11.0 Å². The zero-order chi connectivity index (χ0) is 13.9. The quantitative estimate of drug-likeness (QED) is 0.918. The number of aliphatic carboxylic acids is 1. The summed E-state index contributed by atoms with van der Waals surface area (Å²) in [5, 5.41) is 9.56. The Kier molecular flexibility index (Phi) is 3.88. The van der Waals surface area contributed by atoms with Gasteiger partial charge < -0.3 is 5.11 Å². The van der Waals surface area contributed by atoms with Crippen molar-refractivity contribution in [3.05, 3.63) is 42.0 Å². The molecule has 1 aromatic rings. The van der Waals surface area contributed by atoms with Gasteiger partial charge in [-0.1, -0.05) is 49.2 Å². The van der Waals surface area contributed by atoms with Crippen molar-refractivity contribution in [3.8, 4) is 0 Å². The summed E-state index contributed by atoms with van der Waals surface area (Å²) >= 11 is 0. The SMILES string of the molecule is O=C(O)C1CN(C2CCCC2)CC=C1c1ccccc1. The molecule has 0 amide bonds. The maximum absolute atomic E-state index is 11.6. The van der Waals surface area contributed by atoms with E-state index in [1.54, 1.807) is 0 Å². The molecule has 0 radical (unpaired) electrons. The number of hydrogen-bond acceptors (Lipinski definition) is 2. The van der Waals surface area contributed by atoms with Gasteiger partial charge >= 0.3 is 5.97 Å². The average molecular weight is 271 g/mol. The summed E-state index contributed by atoms with van der Waals surface area (Å²) in [4.78, 5) is 14.0. The molecule has 20 heavy (non-hydrogen) atoms. The number of carboxylic acid groups (broad SMARTS) is 1. The molecule has 0 aromatic heterocycles. The van der Waals surface area contributed by atoms with Gasteiger partial charge in [0, 0.05) is 19.1 Å². The van der Waals surface area contributed by atoms with E-state index in [0.29, 0.717) is 12.6 Å². The molecule has 3 nitrogen and oxygen atoms in total. The Labute approximate surface area is 119 Å². The Morgan fingerprint density at radius 2 is 1.85 bits per heavy atom. The van der Waals surface area contributed by atoms with Crippen LogP contribution in [0.15, 0.2) is 36.4 Å². The van der Waals surface area contributed by atoms with E-state index in [-0.39, 0.29) is 0 Å². The van der Waals surface area contributed by atoms with Gasteiger partial charge in [0.1, 0.15) is 0 Å². The van der Waals surface area contributed by atoms with Gasteiger partial charge in [-0.3, -0.25) is 9.69 Å². The molecule has 3 heteroatoms. The van der Waals surface area contributed by atoms with Gasteiger partial charge in [-0.15, -0.1) is 0 Å². The lowest BCUT2D eigenvalue weighted by Gasteiger charge is -2.35. The molecule has 2 aliphatic rings. The molecule has 0 spiro atoms. The largest absolute Gasteiger partial charge is 0.481 e. The Morgan fingerprint density at radius 1 is 1.15 bits per heavy atom. The minimum Gasteiger partial charge on any atom is -0.481 e. The molecule has 0 saturated heterocycles. The number of rotatable bonds is 3. The number of nitrogens with zero attached hydrogens (tertiary/aromatic N) is 1. The normalized spacial score (nSPS) is 24.6. The van der Waals surface area contributed by atoms with Gasteiger partial charge in [0.2, 0.25) is 0 Å². The van der Waals surface area contributed by atoms with E-state index in [0.717, 1.165) is 17.7 Å². The van der Waals surface area contributed by atoms with Crippen LogP contribution in [0, 0.1) is 5.92 Å². The monoisotopic (exact) mass is 271 g/mol. The van der Waals surface area contributed by atoms with Crippen molar-refractivity contribution in [3.63, 3.8) is 0 Å². The molecule has 1 fully saturated rings. The van der Waals surface area contributed by atoms with Crippen molar-refractivity contribution in [2.45, 2.75) is 31.7 Å². The van der Waals surface area contributed by atoms with Gasteiger partial charge in [0.15, 0.2) is 0 Å². The lowest BCUT2D eigenvalue weighted by atomic mass is 9.88. The molecule has 0 bridgehead atoms. The minimum atomic E-state index is -0.706. The van der Waals surface area contributed by atoms with Crippen molar-refractivity contribution >= 4 is 11.5 Å². The van der Waals surface area contributed by atoms with Crippen molar-refractivity contribution < 1.29 is 9.90 Å². The second-order valence-electron chi connectivity index (χ2n) is 5.81. The van der Waals surface area contributed by atoms with Gasteiger partial charge in [0.25, 0.3) is 0 Å². The highest BCUT2D eigenvalue weighted by atomic mass is 16.4. The van der Waals surface area contributed by atoms with Crippen LogP contribution in [-0.2, 0) is 4.79 Å². The van der Waals surface area contributed by atoms with Crippen LogP contribution >= 0.6 is 0 Å². The first-order valence-electron chi connectivity index (χ1n) is 7.48. The summed E-state index contributed by atoms with van der Waals surface area (Å²) in [6.45, 7) is 1.54. The lowest BCUT2D eigenvalue weighted by molar-refractivity contribution is -0.140. The first kappa shape index (κ1) is 13.4. The number of hydrogen-bond donors (Lipinski definition) is 1. The summed E-state index contributed by atoms with van der Waals surface area (Å²) in [6, 6.07) is 10.5. The fraction of sp³-hybridized carbons (Fsp3) is 0.471. The molecule has 3 rings (SSSR count). The van der Waals surface area contributed by atoms with Crippen LogP contribution in [0.2, 0.25) is 0 Å². The van der Waals surface area contributed by atoms with Crippen LogP contribution in [0.25, 0.3) is 5.57 Å². The van der Waals surface area contributed by atoms with Gasteiger partial charge in [-0.05, 0) is 24.0 Å². The number of carbonyl (C=O) groups is 1. The van der Waals surface area contributed by atoms with Crippen molar-refractivity contribution in [1.29, 1.82) is 0 Å². The van der Waals surface area contributed by atoms with Crippen LogP contribution < -0.4 is 0 Å². The predicted molar refractivity (Wildman–Crippen MR) is 79.4 cm³/mol. The van der Waals surface area contributed by atoms with E-state index in [4.69, 9.17) is 0 Å². The fourth-order valence-electron chi connectivity index (χ4n) is 3.49. The average Bonchev–Trinajstić information content (AvgIpc) is 3.02. The zero-order valence-electron chi connectivity index (χ0n) is 11.7. The molecule has 1 heterocycles. The van der Waals surface area contributed by atoms with E-state index < -0.39 is 11.9 Å². The second kappa shape index (κ2) is 5.80. The molecule has 1 N–H and O–H groups in total.